The molecule has 2 aromatic rings. The van der Waals surface area contributed by atoms with Crippen molar-refractivity contribution in [1.82, 2.24) is 4.98 Å². The molecule has 1 saturated carbocycles. The molecule has 112 valence electrons. The molecule has 6 heteroatoms. The van der Waals surface area contributed by atoms with Crippen LogP contribution in [0.5, 0.6) is 0 Å². The van der Waals surface area contributed by atoms with Crippen molar-refractivity contribution in [2.45, 2.75) is 36.6 Å². The van der Waals surface area contributed by atoms with Crippen molar-refractivity contribution in [3.8, 4) is 11.3 Å². The Morgan fingerprint density at radius 1 is 1.19 bits per heavy atom. The first-order valence-electron chi connectivity index (χ1n) is 7.05. The van der Waals surface area contributed by atoms with Gasteiger partial charge in [-0.2, -0.15) is 0 Å². The summed E-state index contributed by atoms with van der Waals surface area (Å²) < 4.78 is 22.9. The van der Waals surface area contributed by atoms with E-state index in [1.165, 1.54) is 31.9 Å². The number of hydrogen-bond acceptors (Lipinski definition) is 5. The van der Waals surface area contributed by atoms with Crippen LogP contribution in [0.4, 0.5) is 5.13 Å². The molecule has 1 heterocycles. The number of sulfone groups is 1. The third-order valence-corrected chi connectivity index (χ3v) is 5.67. The minimum absolute atomic E-state index is 0.339. The lowest BCUT2D eigenvalue weighted by atomic mass is 10.2. The van der Waals surface area contributed by atoms with Crippen molar-refractivity contribution in [2.75, 3.05) is 11.6 Å². The second kappa shape index (κ2) is 5.77. The maximum absolute atomic E-state index is 11.5. The van der Waals surface area contributed by atoms with E-state index in [-0.39, 0.29) is 0 Å². The normalized spacial score (nSPS) is 16.2. The number of anilines is 1. The summed E-state index contributed by atoms with van der Waals surface area (Å²) >= 11 is 1.60. The summed E-state index contributed by atoms with van der Waals surface area (Å²) in [4.78, 5) is 4.93. The Bertz CT molecular complexity index is 714. The Labute approximate surface area is 129 Å². The van der Waals surface area contributed by atoms with E-state index in [9.17, 15) is 8.42 Å². The van der Waals surface area contributed by atoms with Gasteiger partial charge in [0, 0.05) is 23.2 Å². The second-order valence-corrected chi connectivity index (χ2v) is 8.33. The van der Waals surface area contributed by atoms with Crippen LogP contribution in [-0.2, 0) is 9.84 Å². The van der Waals surface area contributed by atoms with Gasteiger partial charge in [-0.1, -0.05) is 25.0 Å². The molecule has 3 rings (SSSR count). The van der Waals surface area contributed by atoms with Crippen molar-refractivity contribution < 1.29 is 8.42 Å². The molecule has 1 fully saturated rings. The fourth-order valence-corrected chi connectivity index (χ4v) is 4.02. The van der Waals surface area contributed by atoms with E-state index in [4.69, 9.17) is 0 Å². The number of rotatable bonds is 4. The van der Waals surface area contributed by atoms with Gasteiger partial charge >= 0.3 is 0 Å². The molecule has 0 radical (unpaired) electrons. The third kappa shape index (κ3) is 3.44. The molecule has 0 aliphatic heterocycles. The van der Waals surface area contributed by atoms with Crippen LogP contribution in [0.2, 0.25) is 0 Å². The lowest BCUT2D eigenvalue weighted by molar-refractivity contribution is 0.602. The third-order valence-electron chi connectivity index (χ3n) is 3.77. The SMILES string of the molecule is CS(=O)(=O)c1ccc(-c2csc(NC3CCCC3)n2)cc1. The van der Waals surface area contributed by atoms with Crippen molar-refractivity contribution >= 4 is 26.3 Å². The van der Waals surface area contributed by atoms with Crippen molar-refractivity contribution in [1.29, 1.82) is 0 Å². The molecule has 1 N–H and O–H groups in total. The smallest absolute Gasteiger partial charge is 0.183 e. The molecule has 0 atom stereocenters. The minimum Gasteiger partial charge on any atom is -0.359 e. The average Bonchev–Trinajstić information content (AvgIpc) is 3.10. The summed E-state index contributed by atoms with van der Waals surface area (Å²) in [5.41, 5.74) is 1.83. The summed E-state index contributed by atoms with van der Waals surface area (Å²) in [6.07, 6.45) is 6.25. The zero-order chi connectivity index (χ0) is 14.9. The van der Waals surface area contributed by atoms with Crippen LogP contribution in [0.15, 0.2) is 34.5 Å². The van der Waals surface area contributed by atoms with Crippen molar-refractivity contribution in [2.24, 2.45) is 0 Å². The summed E-state index contributed by atoms with van der Waals surface area (Å²) in [5, 5.41) is 6.43. The lowest BCUT2D eigenvalue weighted by Crippen LogP contribution is -2.13. The molecule has 1 aliphatic rings. The van der Waals surface area contributed by atoms with Crippen molar-refractivity contribution in [3.05, 3.63) is 29.6 Å². The Morgan fingerprint density at radius 3 is 2.48 bits per heavy atom. The highest BCUT2D eigenvalue weighted by Crippen LogP contribution is 2.28. The van der Waals surface area contributed by atoms with E-state index in [1.54, 1.807) is 23.5 Å². The summed E-state index contributed by atoms with van der Waals surface area (Å²) in [6.45, 7) is 0. The second-order valence-electron chi connectivity index (χ2n) is 5.46. The number of nitrogens with zero attached hydrogens (tertiary/aromatic N) is 1. The highest BCUT2D eigenvalue weighted by atomic mass is 32.2. The predicted octanol–water partition coefficient (Wildman–Crippen LogP) is 3.57. The van der Waals surface area contributed by atoms with E-state index < -0.39 is 9.84 Å². The fourth-order valence-electron chi connectivity index (χ4n) is 2.59. The zero-order valence-electron chi connectivity index (χ0n) is 11.9. The van der Waals surface area contributed by atoms with Crippen LogP contribution >= 0.6 is 11.3 Å². The van der Waals surface area contributed by atoms with Gasteiger partial charge < -0.3 is 5.32 Å². The molecule has 0 saturated heterocycles. The van der Waals surface area contributed by atoms with E-state index in [0.29, 0.717) is 10.9 Å². The first kappa shape index (κ1) is 14.5. The van der Waals surface area contributed by atoms with Crippen LogP contribution in [0, 0.1) is 0 Å². The number of nitrogens with one attached hydrogen (secondary N) is 1. The largest absolute Gasteiger partial charge is 0.359 e. The van der Waals surface area contributed by atoms with Gasteiger partial charge in [-0.05, 0) is 25.0 Å². The number of aromatic nitrogens is 1. The van der Waals surface area contributed by atoms with Gasteiger partial charge in [0.2, 0.25) is 0 Å². The molecular formula is C15H18N2O2S2. The van der Waals surface area contributed by atoms with Gasteiger partial charge in [0.1, 0.15) is 0 Å². The van der Waals surface area contributed by atoms with Gasteiger partial charge in [0.25, 0.3) is 0 Å². The Morgan fingerprint density at radius 2 is 1.86 bits per heavy atom. The highest BCUT2D eigenvalue weighted by Gasteiger charge is 2.16. The molecule has 1 aromatic carbocycles. The molecule has 0 bridgehead atoms. The van der Waals surface area contributed by atoms with Crippen LogP contribution in [0.3, 0.4) is 0 Å². The maximum Gasteiger partial charge on any atom is 0.183 e. The van der Waals surface area contributed by atoms with Crippen LogP contribution < -0.4 is 5.32 Å². The predicted molar refractivity (Wildman–Crippen MR) is 86.5 cm³/mol. The molecule has 4 nitrogen and oxygen atoms in total. The van der Waals surface area contributed by atoms with Gasteiger partial charge in [0.05, 0.1) is 10.6 Å². The van der Waals surface area contributed by atoms with E-state index in [1.807, 2.05) is 17.5 Å². The number of benzene rings is 1. The molecule has 0 amide bonds. The standard InChI is InChI=1S/C15H18N2O2S2/c1-21(18,19)13-8-6-11(7-9-13)14-10-20-15(17-14)16-12-4-2-3-5-12/h6-10,12H,2-5H2,1H3,(H,16,17). The Balaban J connectivity index is 1.76. The molecule has 0 unspecified atom stereocenters. The number of hydrogen-bond donors (Lipinski definition) is 1. The Kier molecular flexibility index (Phi) is 3.99. The minimum atomic E-state index is -3.14. The van der Waals surface area contributed by atoms with Gasteiger partial charge in [-0.25, -0.2) is 13.4 Å². The van der Waals surface area contributed by atoms with Crippen LogP contribution in [0.25, 0.3) is 11.3 Å². The molecule has 1 aliphatic carbocycles. The van der Waals surface area contributed by atoms with Crippen molar-refractivity contribution in [3.63, 3.8) is 0 Å². The van der Waals surface area contributed by atoms with E-state index >= 15 is 0 Å². The monoisotopic (exact) mass is 322 g/mol. The van der Waals surface area contributed by atoms with Crippen LogP contribution in [0.1, 0.15) is 25.7 Å². The molecule has 21 heavy (non-hydrogen) atoms. The highest BCUT2D eigenvalue weighted by molar-refractivity contribution is 7.90. The summed E-state index contributed by atoms with van der Waals surface area (Å²) in [7, 11) is -3.14. The van der Waals surface area contributed by atoms with Gasteiger partial charge in [-0.15, -0.1) is 11.3 Å². The topological polar surface area (TPSA) is 59.1 Å². The van der Waals surface area contributed by atoms with E-state index in [0.717, 1.165) is 16.4 Å². The summed E-state index contributed by atoms with van der Waals surface area (Å²) in [5.74, 6) is 0. The zero-order valence-corrected chi connectivity index (χ0v) is 13.5. The average molecular weight is 322 g/mol. The van der Waals surface area contributed by atoms with Gasteiger partial charge in [-0.3, -0.25) is 0 Å². The first-order chi connectivity index (χ1) is 10.0. The quantitative estimate of drug-likeness (QED) is 0.935. The summed E-state index contributed by atoms with van der Waals surface area (Å²) in [6, 6.07) is 7.44. The molecule has 0 spiro atoms. The van der Waals surface area contributed by atoms with Gasteiger partial charge in [0.15, 0.2) is 15.0 Å². The molecule has 1 aromatic heterocycles. The lowest BCUT2D eigenvalue weighted by Gasteiger charge is -2.09. The van der Waals surface area contributed by atoms with Crippen LogP contribution in [-0.4, -0.2) is 25.7 Å². The number of thiazole rings is 1. The fraction of sp³-hybridized carbons (Fsp3) is 0.400. The maximum atomic E-state index is 11.5. The first-order valence-corrected chi connectivity index (χ1v) is 9.82. The van der Waals surface area contributed by atoms with E-state index in [2.05, 4.69) is 10.3 Å². The Hall–Kier alpha value is -1.40. The molecular weight excluding hydrogens is 304 g/mol.